The van der Waals surface area contributed by atoms with E-state index in [9.17, 15) is 43.9 Å². The molecular formula is C35BF23O2. The van der Waals surface area contributed by atoms with Gasteiger partial charge in [-0.25, -0.2) is 83.4 Å². The van der Waals surface area contributed by atoms with Crippen molar-refractivity contribution in [3.05, 3.63) is 133 Å². The van der Waals surface area contributed by atoms with E-state index in [0.717, 1.165) is 0 Å². The predicted octanol–water partition coefficient (Wildman–Crippen LogP) is 11.5. The van der Waals surface area contributed by atoms with Gasteiger partial charge in [0.05, 0.1) is 38.1 Å². The summed E-state index contributed by atoms with van der Waals surface area (Å²) in [5.74, 6) is -75.2. The first-order valence-electron chi connectivity index (χ1n) is 15.5. The van der Waals surface area contributed by atoms with E-state index in [1.807, 2.05) is 0 Å². The fraction of sp³-hybridized carbons (Fsp3) is 0.0286. The molecule has 0 N–H and O–H groups in total. The smallest absolute Gasteiger partial charge is 0.519 e. The Labute approximate surface area is 317 Å². The van der Waals surface area contributed by atoms with Crippen LogP contribution in [0.25, 0.3) is 43.4 Å². The van der Waals surface area contributed by atoms with Crippen LogP contribution in [0, 0.1) is 122 Å². The molecule has 0 aromatic heterocycles. The topological polar surface area (TPSA) is 18.5 Å². The van der Waals surface area contributed by atoms with Crippen LogP contribution in [0.4, 0.5) is 101 Å². The minimum Gasteiger partial charge on any atom is -0.519 e. The lowest BCUT2D eigenvalue weighted by Gasteiger charge is -2.24. The summed E-state index contributed by atoms with van der Waals surface area (Å²) < 4.78 is 356. The van der Waals surface area contributed by atoms with Crippen molar-refractivity contribution in [2.75, 3.05) is 0 Å². The van der Waals surface area contributed by atoms with E-state index >= 15 is 57.1 Å². The van der Waals surface area contributed by atoms with E-state index in [2.05, 4.69) is 9.31 Å². The quantitative estimate of drug-likeness (QED) is 0.0563. The van der Waals surface area contributed by atoms with Gasteiger partial charge in [0.2, 0.25) is 5.82 Å². The zero-order valence-electron chi connectivity index (χ0n) is 27.6. The molecule has 26 heteroatoms. The summed E-state index contributed by atoms with van der Waals surface area (Å²) in [6.07, 6.45) is 0. The van der Waals surface area contributed by atoms with E-state index in [1.54, 1.807) is 0 Å². The van der Waals surface area contributed by atoms with Gasteiger partial charge in [-0.05, 0) is 0 Å². The van der Waals surface area contributed by atoms with E-state index < -0.39 is 207 Å². The molecule has 0 spiro atoms. The van der Waals surface area contributed by atoms with Gasteiger partial charge < -0.3 is 9.31 Å². The Bertz CT molecular complexity index is 3150. The lowest BCUT2D eigenvalue weighted by atomic mass is 9.76. The van der Waals surface area contributed by atoms with Crippen LogP contribution in [0.3, 0.4) is 0 Å². The number of alkyl halides is 2. The summed E-state index contributed by atoms with van der Waals surface area (Å²) >= 11 is 0. The highest BCUT2D eigenvalue weighted by Gasteiger charge is 2.56. The first kappa shape index (κ1) is 41.4. The first-order chi connectivity index (χ1) is 28.3. The van der Waals surface area contributed by atoms with Gasteiger partial charge in [0, 0.05) is 21.9 Å². The average molecular weight is 900 g/mol. The van der Waals surface area contributed by atoms with E-state index in [-0.39, 0.29) is 0 Å². The molecule has 0 aliphatic heterocycles. The zero-order chi connectivity index (χ0) is 45.1. The molecule has 0 heterocycles. The van der Waals surface area contributed by atoms with E-state index in [0.29, 0.717) is 0 Å². The van der Waals surface area contributed by atoms with Crippen molar-refractivity contribution in [3.8, 4) is 22.6 Å². The van der Waals surface area contributed by atoms with Gasteiger partial charge in [-0.1, -0.05) is 0 Å². The third-order valence-electron chi connectivity index (χ3n) is 9.53. The zero-order valence-corrected chi connectivity index (χ0v) is 27.6. The third kappa shape index (κ3) is 4.97. The molecule has 1 aliphatic rings. The summed E-state index contributed by atoms with van der Waals surface area (Å²) in [5, 5.41) is -13.0. The Kier molecular flexibility index (Phi) is 8.86. The monoisotopic (exact) mass is 900 g/mol. The maximum atomic E-state index is 15.9. The number of hydrogen-bond acceptors (Lipinski definition) is 2. The molecule has 0 fully saturated rings. The average Bonchev–Trinajstić information content (AvgIpc) is 3.46. The van der Waals surface area contributed by atoms with Crippen molar-refractivity contribution in [3.63, 3.8) is 0 Å². The molecule has 8 rings (SSSR count). The van der Waals surface area contributed by atoms with Crippen molar-refractivity contribution in [1.29, 1.82) is 0 Å². The van der Waals surface area contributed by atoms with Crippen LogP contribution in [0.5, 0.6) is 11.5 Å². The van der Waals surface area contributed by atoms with Crippen LogP contribution in [-0.4, -0.2) is 7.12 Å². The molecule has 1 aliphatic carbocycles. The molecule has 7 aromatic rings. The van der Waals surface area contributed by atoms with Gasteiger partial charge in [0.1, 0.15) is 0 Å². The van der Waals surface area contributed by atoms with E-state index in [4.69, 9.17) is 0 Å². The fourth-order valence-electron chi connectivity index (χ4n) is 6.96. The SMILES string of the molecule is Fc1c(F)c(F)c(B(Oc2c(F)c(F)c(F)c3c2C(F)(F)c2c(F)c(F)c(F)c(F)c2-3)Oc2c(F)c(F)c3c(F)c(F)c4c(F)c(F)c(F)c5c(F)c(F)c2c3c45)c(F)c1F. The number of benzene rings is 7. The standard InChI is InChI=1S/C35BF23O2/c37-12-3-4-10(35(58,59)9(3)21(46)27(52)25(12)50)34(32(57)26(51)13(4)38)61-36(11-22(47)28(53)30(55)29(54)23(11)48)60-33-8-2-1-5(14(39)15(40)7(2)19(44)31(33)56)17(42)24(49)18(43)6(1)16(41)20(8)45. The fourth-order valence-corrected chi connectivity index (χ4v) is 6.96. The van der Waals surface area contributed by atoms with Crippen molar-refractivity contribution in [1.82, 2.24) is 0 Å². The van der Waals surface area contributed by atoms with Crippen LogP contribution in [-0.2, 0) is 5.92 Å². The molecule has 0 amide bonds. The van der Waals surface area contributed by atoms with Gasteiger partial charge in [0.15, 0.2) is 128 Å². The molecule has 0 atom stereocenters. The second kappa shape index (κ2) is 13.1. The van der Waals surface area contributed by atoms with Crippen LogP contribution in [0.1, 0.15) is 11.1 Å². The maximum Gasteiger partial charge on any atom is 0.639 e. The predicted molar refractivity (Wildman–Crippen MR) is 157 cm³/mol. The summed E-state index contributed by atoms with van der Waals surface area (Å²) in [5.41, 5.74) is -13.6. The third-order valence-corrected chi connectivity index (χ3v) is 9.53. The number of halogens is 23. The molecule has 0 radical (unpaired) electrons. The molecule has 0 saturated carbocycles. The number of hydrogen-bond donors (Lipinski definition) is 0. The van der Waals surface area contributed by atoms with Crippen LogP contribution in [0.15, 0.2) is 0 Å². The highest BCUT2D eigenvalue weighted by Crippen LogP contribution is 2.59. The van der Waals surface area contributed by atoms with Gasteiger partial charge in [0.25, 0.3) is 0 Å². The second-order valence-corrected chi connectivity index (χ2v) is 12.6. The van der Waals surface area contributed by atoms with Crippen molar-refractivity contribution in [2.45, 2.75) is 5.92 Å². The van der Waals surface area contributed by atoms with Gasteiger partial charge in [-0.2, -0.15) is 17.6 Å². The van der Waals surface area contributed by atoms with E-state index in [1.165, 1.54) is 0 Å². The highest BCUT2D eigenvalue weighted by atomic mass is 19.3. The van der Waals surface area contributed by atoms with Crippen LogP contribution < -0.4 is 14.8 Å². The second-order valence-electron chi connectivity index (χ2n) is 12.6. The summed E-state index contributed by atoms with van der Waals surface area (Å²) in [6.45, 7) is 0. The van der Waals surface area contributed by atoms with Crippen molar-refractivity contribution < 1.29 is 110 Å². The molecule has 0 unspecified atom stereocenters. The Balaban J connectivity index is 1.51. The summed E-state index contributed by atoms with van der Waals surface area (Å²) in [6, 6.07) is 0. The van der Waals surface area contributed by atoms with Crippen LogP contribution in [0.2, 0.25) is 0 Å². The molecule has 61 heavy (non-hydrogen) atoms. The molecule has 7 aromatic carbocycles. The first-order valence-corrected chi connectivity index (χ1v) is 15.5. The molecule has 2 nitrogen and oxygen atoms in total. The highest BCUT2D eigenvalue weighted by molar-refractivity contribution is 6.63. The molecule has 316 valence electrons. The Morgan fingerprint density at radius 1 is 0.262 bits per heavy atom. The van der Waals surface area contributed by atoms with Crippen LogP contribution >= 0.6 is 0 Å². The maximum absolute atomic E-state index is 15.9. The largest absolute Gasteiger partial charge is 0.639 e. The van der Waals surface area contributed by atoms with Crippen molar-refractivity contribution >= 4 is 44.9 Å². The van der Waals surface area contributed by atoms with Crippen molar-refractivity contribution in [2.24, 2.45) is 0 Å². The van der Waals surface area contributed by atoms with Gasteiger partial charge in [-0.3, -0.25) is 0 Å². The van der Waals surface area contributed by atoms with Gasteiger partial charge >= 0.3 is 13.0 Å². The molecular weight excluding hydrogens is 900 g/mol. The lowest BCUT2D eigenvalue weighted by molar-refractivity contribution is 0.0404. The summed E-state index contributed by atoms with van der Waals surface area (Å²) in [4.78, 5) is 0. The lowest BCUT2D eigenvalue weighted by Crippen LogP contribution is -2.48. The Morgan fingerprint density at radius 2 is 0.557 bits per heavy atom. The normalized spacial score (nSPS) is 13.3. The minimum absolute atomic E-state index is 1.94. The molecule has 0 bridgehead atoms. The number of rotatable bonds is 5. The number of fused-ring (bicyclic) bond motifs is 3. The molecule has 0 saturated heterocycles. The minimum atomic E-state index is -5.78. The Morgan fingerprint density at radius 3 is 1.05 bits per heavy atom. The van der Waals surface area contributed by atoms with Gasteiger partial charge in [-0.15, -0.1) is 0 Å². The summed E-state index contributed by atoms with van der Waals surface area (Å²) in [7, 11) is -4.38. The Hall–Kier alpha value is -6.37.